The van der Waals surface area contributed by atoms with E-state index in [9.17, 15) is 4.79 Å². The van der Waals surface area contributed by atoms with Crippen molar-refractivity contribution < 1.29 is 9.21 Å². The molecule has 0 aliphatic carbocycles. The van der Waals surface area contributed by atoms with Crippen LogP contribution in [0.25, 0.3) is 11.5 Å². The third-order valence-electron chi connectivity index (χ3n) is 4.04. The van der Waals surface area contributed by atoms with Gasteiger partial charge in [-0.3, -0.25) is 4.79 Å². The van der Waals surface area contributed by atoms with Gasteiger partial charge in [0.05, 0.1) is 5.75 Å². The summed E-state index contributed by atoms with van der Waals surface area (Å²) in [6.45, 7) is 6.06. The number of carbonyl (C=O) groups excluding carboxylic acids is 1. The minimum Gasteiger partial charge on any atom is -0.411 e. The van der Waals surface area contributed by atoms with Gasteiger partial charge in [0, 0.05) is 23.7 Å². The molecule has 1 aromatic heterocycles. The molecule has 24 heavy (non-hydrogen) atoms. The van der Waals surface area contributed by atoms with Crippen LogP contribution in [0.15, 0.2) is 33.9 Å². The molecule has 0 bridgehead atoms. The average molecular weight is 366 g/mol. The molecule has 0 saturated carbocycles. The van der Waals surface area contributed by atoms with Crippen molar-refractivity contribution in [3.63, 3.8) is 0 Å². The number of aromatic nitrogens is 2. The third kappa shape index (κ3) is 4.30. The van der Waals surface area contributed by atoms with E-state index in [1.165, 1.54) is 18.2 Å². The summed E-state index contributed by atoms with van der Waals surface area (Å²) in [5.74, 6) is 2.00. The second kappa shape index (κ2) is 7.57. The predicted molar refractivity (Wildman–Crippen MR) is 95.0 cm³/mol. The Hall–Kier alpha value is -1.53. The molecule has 1 aliphatic rings. The lowest BCUT2D eigenvalue weighted by Gasteiger charge is -2.34. The highest BCUT2D eigenvalue weighted by Gasteiger charge is 2.25. The van der Waals surface area contributed by atoms with Gasteiger partial charge in [0.15, 0.2) is 0 Å². The molecule has 0 N–H and O–H groups in total. The molecule has 0 unspecified atom stereocenters. The highest BCUT2D eigenvalue weighted by Crippen LogP contribution is 2.26. The number of nitrogens with zero attached hydrogens (tertiary/aromatic N) is 3. The summed E-state index contributed by atoms with van der Waals surface area (Å²) >= 11 is 7.16. The number of rotatable bonds is 4. The minimum atomic E-state index is 0.129. The van der Waals surface area contributed by atoms with Crippen molar-refractivity contribution in [2.75, 3.05) is 18.8 Å². The lowest BCUT2D eigenvalue weighted by molar-refractivity contribution is -0.130. The molecule has 1 aromatic carbocycles. The van der Waals surface area contributed by atoms with E-state index >= 15 is 0 Å². The summed E-state index contributed by atoms with van der Waals surface area (Å²) in [5.41, 5.74) is 0.809. The zero-order valence-corrected chi connectivity index (χ0v) is 15.3. The predicted octanol–water partition coefficient (Wildman–Crippen LogP) is 3.99. The van der Waals surface area contributed by atoms with Crippen LogP contribution in [0.4, 0.5) is 0 Å². The van der Waals surface area contributed by atoms with Crippen molar-refractivity contribution in [2.24, 2.45) is 11.8 Å². The fourth-order valence-electron chi connectivity index (χ4n) is 3.06. The number of amides is 1. The van der Waals surface area contributed by atoms with Crippen molar-refractivity contribution in [3.05, 3.63) is 29.3 Å². The lowest BCUT2D eigenvalue weighted by atomic mass is 9.92. The van der Waals surface area contributed by atoms with Crippen LogP contribution in [0, 0.1) is 11.8 Å². The van der Waals surface area contributed by atoms with E-state index in [1.807, 2.05) is 17.0 Å². The summed E-state index contributed by atoms with van der Waals surface area (Å²) in [6.07, 6.45) is 1.19. The molecular formula is C17H20ClN3O2S. The van der Waals surface area contributed by atoms with Gasteiger partial charge in [-0.2, -0.15) is 0 Å². The molecule has 1 saturated heterocycles. The van der Waals surface area contributed by atoms with Crippen molar-refractivity contribution in [2.45, 2.75) is 25.5 Å². The van der Waals surface area contributed by atoms with Gasteiger partial charge in [0.25, 0.3) is 5.22 Å². The maximum atomic E-state index is 12.4. The van der Waals surface area contributed by atoms with Gasteiger partial charge in [0.1, 0.15) is 0 Å². The van der Waals surface area contributed by atoms with Crippen molar-refractivity contribution in [3.8, 4) is 11.5 Å². The molecule has 7 heteroatoms. The highest BCUT2D eigenvalue weighted by atomic mass is 35.5. The standard InChI is InChI=1S/C17H20ClN3O2S/c1-11-7-12(2)9-21(8-11)15(22)10-24-17-20-19-16(23-17)13-3-5-14(18)6-4-13/h3-6,11-12H,7-10H2,1-2H3/t11-,12-/m0/s1. The summed E-state index contributed by atoms with van der Waals surface area (Å²) in [5, 5.41) is 9.09. The molecule has 1 amide bonds. The van der Waals surface area contributed by atoms with Crippen molar-refractivity contribution in [1.29, 1.82) is 0 Å². The van der Waals surface area contributed by atoms with E-state index in [4.69, 9.17) is 16.0 Å². The van der Waals surface area contributed by atoms with Crippen LogP contribution in [0.5, 0.6) is 0 Å². The summed E-state index contributed by atoms with van der Waals surface area (Å²) < 4.78 is 5.62. The van der Waals surface area contributed by atoms with Crippen LogP contribution in [-0.4, -0.2) is 39.8 Å². The fraction of sp³-hybridized carbons (Fsp3) is 0.471. The molecule has 2 aromatic rings. The Morgan fingerprint density at radius 2 is 1.92 bits per heavy atom. The monoisotopic (exact) mass is 365 g/mol. The molecule has 0 radical (unpaired) electrons. The van der Waals surface area contributed by atoms with Crippen LogP contribution in [0.3, 0.4) is 0 Å². The zero-order chi connectivity index (χ0) is 17.1. The smallest absolute Gasteiger partial charge is 0.277 e. The number of thioether (sulfide) groups is 1. The maximum Gasteiger partial charge on any atom is 0.277 e. The first-order valence-corrected chi connectivity index (χ1v) is 9.37. The molecule has 1 aliphatic heterocycles. The summed E-state index contributed by atoms with van der Waals surface area (Å²) in [4.78, 5) is 14.3. The number of piperidine rings is 1. The normalized spacial score (nSPS) is 21.0. The number of hydrogen-bond donors (Lipinski definition) is 0. The first-order chi connectivity index (χ1) is 11.5. The van der Waals surface area contributed by atoms with E-state index in [-0.39, 0.29) is 5.91 Å². The third-order valence-corrected chi connectivity index (χ3v) is 5.09. The maximum absolute atomic E-state index is 12.4. The molecule has 2 heterocycles. The summed E-state index contributed by atoms with van der Waals surface area (Å²) in [6, 6.07) is 7.20. The number of carbonyl (C=O) groups is 1. The zero-order valence-electron chi connectivity index (χ0n) is 13.7. The van der Waals surface area contributed by atoms with Gasteiger partial charge in [-0.05, 0) is 42.5 Å². The Balaban J connectivity index is 1.57. The Bertz CT molecular complexity index is 694. The van der Waals surface area contributed by atoms with Gasteiger partial charge in [0.2, 0.25) is 11.8 Å². The fourth-order valence-corrected chi connectivity index (χ4v) is 3.85. The van der Waals surface area contributed by atoms with Crippen LogP contribution in [0.1, 0.15) is 20.3 Å². The Labute approximate surface area is 150 Å². The molecule has 1 fully saturated rings. The van der Waals surface area contributed by atoms with E-state index < -0.39 is 0 Å². The lowest BCUT2D eigenvalue weighted by Crippen LogP contribution is -2.43. The first-order valence-electron chi connectivity index (χ1n) is 8.01. The first kappa shape index (κ1) is 17.3. The van der Waals surface area contributed by atoms with E-state index in [0.29, 0.717) is 33.7 Å². The van der Waals surface area contributed by atoms with Gasteiger partial charge >= 0.3 is 0 Å². The van der Waals surface area contributed by atoms with Crippen LogP contribution >= 0.6 is 23.4 Å². The molecule has 2 atom stereocenters. The second-order valence-electron chi connectivity index (χ2n) is 6.41. The Morgan fingerprint density at radius 1 is 1.25 bits per heavy atom. The second-order valence-corrected chi connectivity index (χ2v) is 7.78. The van der Waals surface area contributed by atoms with Gasteiger partial charge in [-0.15, -0.1) is 10.2 Å². The van der Waals surface area contributed by atoms with E-state index in [1.54, 1.807) is 12.1 Å². The molecular weight excluding hydrogens is 346 g/mol. The topological polar surface area (TPSA) is 59.2 Å². The van der Waals surface area contributed by atoms with Gasteiger partial charge < -0.3 is 9.32 Å². The SMILES string of the molecule is C[C@H]1C[C@H](C)CN(C(=O)CSc2nnc(-c3ccc(Cl)cc3)o2)C1. The van der Waals surface area contributed by atoms with E-state index in [2.05, 4.69) is 24.0 Å². The van der Waals surface area contributed by atoms with Crippen molar-refractivity contribution in [1.82, 2.24) is 15.1 Å². The number of hydrogen-bond acceptors (Lipinski definition) is 5. The number of likely N-dealkylation sites (tertiary alicyclic amines) is 1. The molecule has 128 valence electrons. The van der Waals surface area contributed by atoms with Crippen LogP contribution in [0.2, 0.25) is 5.02 Å². The molecule has 3 rings (SSSR count). The van der Waals surface area contributed by atoms with Gasteiger partial charge in [-0.25, -0.2) is 0 Å². The van der Waals surface area contributed by atoms with Crippen LogP contribution < -0.4 is 0 Å². The van der Waals surface area contributed by atoms with Gasteiger partial charge in [-0.1, -0.05) is 37.2 Å². The number of benzene rings is 1. The quantitative estimate of drug-likeness (QED) is 0.767. The van der Waals surface area contributed by atoms with Crippen molar-refractivity contribution >= 4 is 29.3 Å². The number of halogens is 1. The van der Waals surface area contributed by atoms with Crippen LogP contribution in [-0.2, 0) is 4.79 Å². The highest BCUT2D eigenvalue weighted by molar-refractivity contribution is 7.99. The molecule has 0 spiro atoms. The minimum absolute atomic E-state index is 0.129. The van der Waals surface area contributed by atoms with E-state index in [0.717, 1.165) is 18.7 Å². The summed E-state index contributed by atoms with van der Waals surface area (Å²) in [7, 11) is 0. The average Bonchev–Trinajstić information content (AvgIpc) is 3.01. The largest absolute Gasteiger partial charge is 0.411 e. The Kier molecular flexibility index (Phi) is 5.46. The molecule has 5 nitrogen and oxygen atoms in total. The Morgan fingerprint density at radius 3 is 2.58 bits per heavy atom.